The van der Waals surface area contributed by atoms with Gasteiger partial charge in [0.25, 0.3) is 0 Å². The van der Waals surface area contributed by atoms with Gasteiger partial charge in [-0.3, -0.25) is 14.5 Å². The van der Waals surface area contributed by atoms with E-state index in [1.54, 1.807) is 11.8 Å². The van der Waals surface area contributed by atoms with E-state index in [4.69, 9.17) is 5.11 Å². The summed E-state index contributed by atoms with van der Waals surface area (Å²) >= 11 is 1.78. The topological polar surface area (TPSA) is 69.6 Å². The van der Waals surface area contributed by atoms with Crippen molar-refractivity contribution in [3.63, 3.8) is 0 Å². The highest BCUT2D eigenvalue weighted by Gasteiger charge is 2.26. The Morgan fingerprint density at radius 1 is 1.30 bits per heavy atom. The van der Waals surface area contributed by atoms with Gasteiger partial charge in [-0.05, 0) is 43.7 Å². The first-order valence-electron chi connectivity index (χ1n) is 8.05. The van der Waals surface area contributed by atoms with Gasteiger partial charge in [-0.15, -0.1) is 11.8 Å². The standard InChI is InChI=1S/C17H24N2O3S/c20-16(13-19-10-4-6-14(12-19)17(21)22)18-9-5-11-23-15-7-2-1-3-8-15/h1-3,7-8,14H,4-6,9-13H2,(H,18,20)(H,21,22). The number of rotatable bonds is 8. The summed E-state index contributed by atoms with van der Waals surface area (Å²) in [5.74, 6) is -0.137. The fourth-order valence-corrected chi connectivity index (χ4v) is 3.54. The van der Waals surface area contributed by atoms with Crippen molar-refractivity contribution in [2.45, 2.75) is 24.2 Å². The number of hydrogen-bond acceptors (Lipinski definition) is 4. The number of carboxylic acid groups (broad SMARTS) is 1. The van der Waals surface area contributed by atoms with Gasteiger partial charge in [0.2, 0.25) is 5.91 Å². The zero-order valence-corrected chi connectivity index (χ0v) is 14.1. The molecule has 23 heavy (non-hydrogen) atoms. The van der Waals surface area contributed by atoms with E-state index in [9.17, 15) is 9.59 Å². The predicted molar refractivity (Wildman–Crippen MR) is 91.6 cm³/mol. The summed E-state index contributed by atoms with van der Waals surface area (Å²) < 4.78 is 0. The molecule has 2 rings (SSSR count). The molecule has 0 aromatic heterocycles. The molecule has 0 spiro atoms. The summed E-state index contributed by atoms with van der Waals surface area (Å²) in [4.78, 5) is 26.1. The van der Waals surface area contributed by atoms with E-state index >= 15 is 0 Å². The minimum absolute atomic E-state index is 0.0132. The number of nitrogens with one attached hydrogen (secondary N) is 1. The quantitative estimate of drug-likeness (QED) is 0.562. The van der Waals surface area contributed by atoms with E-state index in [0.717, 1.165) is 25.1 Å². The molecule has 1 aromatic carbocycles. The Balaban J connectivity index is 1.57. The molecule has 1 saturated heterocycles. The van der Waals surface area contributed by atoms with Gasteiger partial charge in [-0.2, -0.15) is 0 Å². The molecule has 6 heteroatoms. The van der Waals surface area contributed by atoms with Gasteiger partial charge in [0.15, 0.2) is 0 Å². The lowest BCUT2D eigenvalue weighted by Gasteiger charge is -2.29. The van der Waals surface area contributed by atoms with Gasteiger partial charge >= 0.3 is 5.97 Å². The number of hydrogen-bond donors (Lipinski definition) is 2. The van der Waals surface area contributed by atoms with Crippen molar-refractivity contribution in [2.24, 2.45) is 5.92 Å². The lowest BCUT2D eigenvalue weighted by Crippen LogP contribution is -2.44. The SMILES string of the molecule is O=C(CN1CCCC(C(=O)O)C1)NCCCSc1ccccc1. The molecule has 0 bridgehead atoms. The van der Waals surface area contributed by atoms with E-state index in [1.165, 1.54) is 4.90 Å². The molecule has 1 aliphatic heterocycles. The summed E-state index contributed by atoms with van der Waals surface area (Å²) in [5, 5.41) is 12.0. The summed E-state index contributed by atoms with van der Waals surface area (Å²) in [6.07, 6.45) is 2.48. The molecule has 5 nitrogen and oxygen atoms in total. The molecular formula is C17H24N2O3S. The van der Waals surface area contributed by atoms with E-state index in [0.29, 0.717) is 26.1 Å². The van der Waals surface area contributed by atoms with Gasteiger partial charge in [-0.25, -0.2) is 0 Å². The van der Waals surface area contributed by atoms with E-state index < -0.39 is 5.97 Å². The number of piperidine rings is 1. The van der Waals surface area contributed by atoms with Crippen LogP contribution in [0.4, 0.5) is 0 Å². The van der Waals surface area contributed by atoms with Crippen molar-refractivity contribution in [1.82, 2.24) is 10.2 Å². The summed E-state index contributed by atoms with van der Waals surface area (Å²) in [6, 6.07) is 10.2. The van der Waals surface area contributed by atoms with Crippen LogP contribution in [-0.4, -0.2) is 53.8 Å². The zero-order chi connectivity index (χ0) is 16.5. The van der Waals surface area contributed by atoms with E-state index in [-0.39, 0.29) is 11.8 Å². The number of aliphatic carboxylic acids is 1. The number of carbonyl (C=O) groups excluding carboxylic acids is 1. The molecule has 1 aromatic rings. The fourth-order valence-electron chi connectivity index (χ4n) is 2.67. The maximum atomic E-state index is 11.9. The molecule has 1 fully saturated rings. The van der Waals surface area contributed by atoms with Crippen LogP contribution < -0.4 is 5.32 Å². The van der Waals surface area contributed by atoms with Crippen LogP contribution in [0.25, 0.3) is 0 Å². The third-order valence-electron chi connectivity index (χ3n) is 3.88. The number of likely N-dealkylation sites (tertiary alicyclic amines) is 1. The molecule has 1 heterocycles. The molecule has 2 N–H and O–H groups in total. The summed E-state index contributed by atoms with van der Waals surface area (Å²) in [6.45, 7) is 2.25. The van der Waals surface area contributed by atoms with Crippen LogP contribution in [0.2, 0.25) is 0 Å². The first-order chi connectivity index (χ1) is 11.1. The molecule has 1 atom stereocenters. The smallest absolute Gasteiger partial charge is 0.307 e. The molecule has 0 saturated carbocycles. The van der Waals surface area contributed by atoms with Gasteiger partial charge in [0.05, 0.1) is 12.5 Å². The van der Waals surface area contributed by atoms with Crippen LogP contribution >= 0.6 is 11.8 Å². The first-order valence-corrected chi connectivity index (χ1v) is 9.03. The predicted octanol–water partition coefficient (Wildman–Crippen LogP) is 2.08. The summed E-state index contributed by atoms with van der Waals surface area (Å²) in [5.41, 5.74) is 0. The number of benzene rings is 1. The van der Waals surface area contributed by atoms with Crippen molar-refractivity contribution < 1.29 is 14.7 Å². The molecule has 1 amide bonds. The van der Waals surface area contributed by atoms with Gasteiger partial charge < -0.3 is 10.4 Å². The molecule has 0 radical (unpaired) electrons. The minimum atomic E-state index is -0.756. The van der Waals surface area contributed by atoms with E-state index in [1.807, 2.05) is 23.1 Å². The van der Waals surface area contributed by atoms with Crippen molar-refractivity contribution in [3.8, 4) is 0 Å². The van der Waals surface area contributed by atoms with Crippen LogP contribution in [0.1, 0.15) is 19.3 Å². The second-order valence-corrected chi connectivity index (χ2v) is 6.95. The second-order valence-electron chi connectivity index (χ2n) is 5.78. The maximum absolute atomic E-state index is 11.9. The van der Waals surface area contributed by atoms with Crippen molar-refractivity contribution >= 4 is 23.6 Å². The highest BCUT2D eigenvalue weighted by Crippen LogP contribution is 2.17. The zero-order valence-electron chi connectivity index (χ0n) is 13.2. The molecular weight excluding hydrogens is 312 g/mol. The maximum Gasteiger partial charge on any atom is 0.307 e. The number of carboxylic acids is 1. The Kier molecular flexibility index (Phi) is 7.42. The average molecular weight is 336 g/mol. The number of thioether (sulfide) groups is 1. The molecule has 126 valence electrons. The lowest BCUT2D eigenvalue weighted by atomic mass is 9.98. The minimum Gasteiger partial charge on any atom is -0.481 e. The van der Waals surface area contributed by atoms with Gasteiger partial charge in [0, 0.05) is 18.0 Å². The number of amides is 1. The third-order valence-corrected chi connectivity index (χ3v) is 4.98. The molecule has 1 unspecified atom stereocenters. The normalized spacial score (nSPS) is 18.5. The van der Waals surface area contributed by atoms with Gasteiger partial charge in [-0.1, -0.05) is 18.2 Å². The van der Waals surface area contributed by atoms with E-state index in [2.05, 4.69) is 17.4 Å². The van der Waals surface area contributed by atoms with Crippen LogP contribution in [0.3, 0.4) is 0 Å². The Labute approximate surface area is 141 Å². The second kappa shape index (κ2) is 9.57. The van der Waals surface area contributed by atoms with Crippen molar-refractivity contribution in [2.75, 3.05) is 31.9 Å². The number of nitrogens with zero attached hydrogens (tertiary/aromatic N) is 1. The van der Waals surface area contributed by atoms with Crippen LogP contribution in [0.15, 0.2) is 35.2 Å². The highest BCUT2D eigenvalue weighted by molar-refractivity contribution is 7.99. The van der Waals surface area contributed by atoms with Crippen molar-refractivity contribution in [1.29, 1.82) is 0 Å². The Morgan fingerprint density at radius 3 is 2.83 bits per heavy atom. The van der Waals surface area contributed by atoms with Crippen LogP contribution in [-0.2, 0) is 9.59 Å². The average Bonchev–Trinajstić information content (AvgIpc) is 2.55. The highest BCUT2D eigenvalue weighted by atomic mass is 32.2. The summed E-state index contributed by atoms with van der Waals surface area (Å²) in [7, 11) is 0. The lowest BCUT2D eigenvalue weighted by molar-refractivity contribution is -0.144. The Hall–Kier alpha value is -1.53. The Morgan fingerprint density at radius 2 is 2.09 bits per heavy atom. The van der Waals surface area contributed by atoms with Crippen LogP contribution in [0, 0.1) is 5.92 Å². The largest absolute Gasteiger partial charge is 0.481 e. The Bertz CT molecular complexity index is 510. The monoisotopic (exact) mass is 336 g/mol. The third kappa shape index (κ3) is 6.62. The van der Waals surface area contributed by atoms with Crippen molar-refractivity contribution in [3.05, 3.63) is 30.3 Å². The number of carbonyl (C=O) groups is 2. The first kappa shape index (κ1) is 17.8. The molecule has 1 aliphatic rings. The molecule has 0 aliphatic carbocycles. The van der Waals surface area contributed by atoms with Gasteiger partial charge in [0.1, 0.15) is 0 Å². The van der Waals surface area contributed by atoms with Crippen LogP contribution in [0.5, 0.6) is 0 Å². The fraction of sp³-hybridized carbons (Fsp3) is 0.529.